The second-order valence-electron chi connectivity index (χ2n) is 3.29. The maximum atomic E-state index is 13.4. The molecule has 0 radical (unpaired) electrons. The molecule has 1 atom stereocenters. The van der Waals surface area contributed by atoms with E-state index in [1.165, 1.54) is 25.3 Å². The van der Waals surface area contributed by atoms with Gasteiger partial charge in [-0.25, -0.2) is 9.18 Å². The molecule has 0 heterocycles. The predicted octanol–water partition coefficient (Wildman–Crippen LogP) is 2.11. The molecule has 0 saturated carbocycles. The van der Waals surface area contributed by atoms with Gasteiger partial charge in [0.2, 0.25) is 0 Å². The summed E-state index contributed by atoms with van der Waals surface area (Å²) >= 11 is 0. The van der Waals surface area contributed by atoms with Crippen molar-refractivity contribution in [2.75, 3.05) is 12.4 Å². The fourth-order valence-corrected chi connectivity index (χ4v) is 1.27. The van der Waals surface area contributed by atoms with Crippen LogP contribution in [-0.2, 0) is 4.79 Å². The fraction of sp³-hybridized carbons (Fsp3) is 0.364. The molecule has 0 bridgehead atoms. The molecule has 5 heteroatoms. The molecule has 0 aliphatic carbocycles. The van der Waals surface area contributed by atoms with Crippen LogP contribution >= 0.6 is 0 Å². The van der Waals surface area contributed by atoms with Gasteiger partial charge in [0, 0.05) is 6.07 Å². The van der Waals surface area contributed by atoms with E-state index in [9.17, 15) is 9.18 Å². The van der Waals surface area contributed by atoms with Crippen LogP contribution < -0.4 is 10.1 Å². The number of benzene rings is 1. The van der Waals surface area contributed by atoms with Crippen LogP contribution in [0.4, 0.5) is 10.1 Å². The Morgan fingerprint density at radius 1 is 1.62 bits per heavy atom. The second-order valence-corrected chi connectivity index (χ2v) is 3.29. The van der Waals surface area contributed by atoms with Crippen LogP contribution in [0.3, 0.4) is 0 Å². The Morgan fingerprint density at radius 3 is 2.81 bits per heavy atom. The Morgan fingerprint density at radius 2 is 2.31 bits per heavy atom. The highest BCUT2D eigenvalue weighted by Crippen LogP contribution is 2.22. The molecule has 1 unspecified atom stereocenters. The molecule has 2 N–H and O–H groups in total. The average molecular weight is 227 g/mol. The number of carbonyl (C=O) groups is 1. The van der Waals surface area contributed by atoms with Crippen molar-refractivity contribution < 1.29 is 19.0 Å². The first kappa shape index (κ1) is 12.3. The molecule has 0 spiro atoms. The van der Waals surface area contributed by atoms with Crippen molar-refractivity contribution in [2.24, 2.45) is 0 Å². The zero-order valence-corrected chi connectivity index (χ0v) is 9.16. The van der Waals surface area contributed by atoms with Crippen LogP contribution in [0.15, 0.2) is 18.2 Å². The summed E-state index contributed by atoms with van der Waals surface area (Å²) in [5.74, 6) is -1.03. The summed E-state index contributed by atoms with van der Waals surface area (Å²) in [4.78, 5) is 10.8. The van der Waals surface area contributed by atoms with E-state index in [2.05, 4.69) is 5.32 Å². The topological polar surface area (TPSA) is 58.6 Å². The average Bonchev–Trinajstić information content (AvgIpc) is 2.27. The highest BCUT2D eigenvalue weighted by atomic mass is 19.1. The minimum absolute atomic E-state index is 0.133. The van der Waals surface area contributed by atoms with Gasteiger partial charge in [0.15, 0.2) is 0 Å². The van der Waals surface area contributed by atoms with Gasteiger partial charge in [0.05, 0.1) is 12.8 Å². The zero-order valence-electron chi connectivity index (χ0n) is 9.16. The van der Waals surface area contributed by atoms with E-state index in [1.807, 2.05) is 0 Å². The van der Waals surface area contributed by atoms with Crippen LogP contribution in [0.1, 0.15) is 13.3 Å². The van der Waals surface area contributed by atoms with E-state index in [1.54, 1.807) is 6.92 Å². The smallest absolute Gasteiger partial charge is 0.326 e. The summed E-state index contributed by atoms with van der Waals surface area (Å²) in [6.07, 6.45) is 0.367. The van der Waals surface area contributed by atoms with Crippen LogP contribution in [-0.4, -0.2) is 24.2 Å². The van der Waals surface area contributed by atoms with Crippen molar-refractivity contribution in [3.8, 4) is 5.75 Å². The number of nitrogens with one attached hydrogen (secondary N) is 1. The maximum Gasteiger partial charge on any atom is 0.326 e. The van der Waals surface area contributed by atoms with Gasteiger partial charge in [-0.2, -0.15) is 0 Å². The van der Waals surface area contributed by atoms with Gasteiger partial charge in [-0.3, -0.25) is 0 Å². The van der Waals surface area contributed by atoms with Crippen molar-refractivity contribution in [2.45, 2.75) is 19.4 Å². The number of methoxy groups -OCH3 is 1. The first-order valence-electron chi connectivity index (χ1n) is 4.91. The molecule has 1 aromatic carbocycles. The lowest BCUT2D eigenvalue weighted by atomic mass is 10.2. The quantitative estimate of drug-likeness (QED) is 0.808. The minimum atomic E-state index is -1.01. The summed E-state index contributed by atoms with van der Waals surface area (Å²) in [6, 6.07) is 3.33. The Hall–Kier alpha value is -1.78. The number of halogens is 1. The number of ether oxygens (including phenoxy) is 1. The lowest BCUT2D eigenvalue weighted by Gasteiger charge is -2.14. The van der Waals surface area contributed by atoms with Crippen LogP contribution in [0, 0.1) is 5.82 Å². The zero-order chi connectivity index (χ0) is 12.1. The Balaban J connectivity index is 2.90. The molecule has 0 aliphatic rings. The monoisotopic (exact) mass is 227 g/mol. The lowest BCUT2D eigenvalue weighted by molar-refractivity contribution is -0.137. The van der Waals surface area contributed by atoms with Crippen LogP contribution in [0.25, 0.3) is 0 Å². The van der Waals surface area contributed by atoms with Crippen molar-refractivity contribution in [1.29, 1.82) is 0 Å². The summed E-state index contributed by atoms with van der Waals surface area (Å²) < 4.78 is 18.3. The molecule has 0 fully saturated rings. The lowest BCUT2D eigenvalue weighted by Crippen LogP contribution is -2.28. The van der Waals surface area contributed by atoms with Gasteiger partial charge in [0.25, 0.3) is 0 Å². The fourth-order valence-electron chi connectivity index (χ4n) is 1.27. The van der Waals surface area contributed by atoms with Gasteiger partial charge in [0.1, 0.15) is 17.6 Å². The largest absolute Gasteiger partial charge is 0.497 e. The summed E-state index contributed by atoms with van der Waals surface area (Å²) in [7, 11) is 1.46. The van der Waals surface area contributed by atoms with E-state index in [4.69, 9.17) is 9.84 Å². The molecule has 16 heavy (non-hydrogen) atoms. The van der Waals surface area contributed by atoms with E-state index in [0.29, 0.717) is 12.2 Å². The number of hydrogen-bond donors (Lipinski definition) is 2. The highest BCUT2D eigenvalue weighted by molar-refractivity contribution is 5.77. The first-order chi connectivity index (χ1) is 7.58. The standard InChI is InChI=1S/C11H14FNO3/c1-3-9(11(14)15)13-10-6-7(16-2)4-5-8(10)12/h4-6,9,13H,3H2,1-2H3,(H,14,15). The Labute approximate surface area is 93.0 Å². The van der Waals surface area contributed by atoms with Crippen molar-refractivity contribution in [1.82, 2.24) is 0 Å². The molecule has 0 amide bonds. The normalized spacial score (nSPS) is 11.9. The Kier molecular flexibility index (Phi) is 4.10. The number of rotatable bonds is 5. The summed E-state index contributed by atoms with van der Waals surface area (Å²) in [5.41, 5.74) is 0.133. The van der Waals surface area contributed by atoms with E-state index >= 15 is 0 Å². The third-order valence-electron chi connectivity index (χ3n) is 2.21. The van der Waals surface area contributed by atoms with Crippen LogP contribution in [0.5, 0.6) is 5.75 Å². The summed E-state index contributed by atoms with van der Waals surface area (Å²) in [6.45, 7) is 1.71. The second kappa shape index (κ2) is 5.34. The van der Waals surface area contributed by atoms with E-state index < -0.39 is 17.8 Å². The van der Waals surface area contributed by atoms with E-state index in [-0.39, 0.29) is 5.69 Å². The highest BCUT2D eigenvalue weighted by Gasteiger charge is 2.16. The number of carboxylic acids is 1. The summed E-state index contributed by atoms with van der Waals surface area (Å²) in [5, 5.41) is 11.5. The SMILES string of the molecule is CCC(Nc1cc(OC)ccc1F)C(=O)O. The number of hydrogen-bond acceptors (Lipinski definition) is 3. The van der Waals surface area contributed by atoms with Gasteiger partial charge in [-0.05, 0) is 18.6 Å². The predicted molar refractivity (Wildman–Crippen MR) is 58.3 cm³/mol. The van der Waals surface area contributed by atoms with Gasteiger partial charge < -0.3 is 15.2 Å². The van der Waals surface area contributed by atoms with Gasteiger partial charge >= 0.3 is 5.97 Å². The third-order valence-corrected chi connectivity index (χ3v) is 2.21. The number of anilines is 1. The number of carboxylic acid groups (broad SMARTS) is 1. The van der Waals surface area contributed by atoms with Crippen LogP contribution in [0.2, 0.25) is 0 Å². The molecule has 1 aromatic rings. The molecule has 4 nitrogen and oxygen atoms in total. The van der Waals surface area contributed by atoms with Crippen molar-refractivity contribution in [3.63, 3.8) is 0 Å². The molecule has 1 rings (SSSR count). The molecular formula is C11H14FNO3. The number of aliphatic carboxylic acids is 1. The Bertz CT molecular complexity index is 381. The maximum absolute atomic E-state index is 13.4. The van der Waals surface area contributed by atoms with Gasteiger partial charge in [-0.15, -0.1) is 0 Å². The van der Waals surface area contributed by atoms with Gasteiger partial charge in [-0.1, -0.05) is 6.92 Å². The molecule has 88 valence electrons. The molecule has 0 aromatic heterocycles. The first-order valence-corrected chi connectivity index (χ1v) is 4.91. The third kappa shape index (κ3) is 2.85. The van der Waals surface area contributed by atoms with E-state index in [0.717, 1.165) is 0 Å². The molecule has 0 saturated heterocycles. The minimum Gasteiger partial charge on any atom is -0.497 e. The molecular weight excluding hydrogens is 213 g/mol. The molecule has 0 aliphatic heterocycles. The van der Waals surface area contributed by atoms with Crippen molar-refractivity contribution in [3.05, 3.63) is 24.0 Å². The van der Waals surface area contributed by atoms with Crippen molar-refractivity contribution >= 4 is 11.7 Å².